The summed E-state index contributed by atoms with van der Waals surface area (Å²) in [5.74, 6) is -2.09. The Morgan fingerprint density at radius 2 is 1.16 bits per heavy atom. The Morgan fingerprint density at radius 1 is 0.649 bits per heavy atom. The van der Waals surface area contributed by atoms with E-state index in [-0.39, 0.29) is 50.1 Å². The lowest BCUT2D eigenvalue weighted by molar-refractivity contribution is 0.0696. The number of carbonyl (C=O) groups excluding carboxylic acids is 1. The molecule has 294 valence electrons. The van der Waals surface area contributed by atoms with Crippen molar-refractivity contribution in [2.45, 2.75) is 20.8 Å². The predicted octanol–water partition coefficient (Wildman–Crippen LogP) is 9.47. The maximum absolute atomic E-state index is 13.1. The molecule has 0 aliphatic carbocycles. The zero-order chi connectivity index (χ0) is 42.0. The van der Waals surface area contributed by atoms with E-state index in [1.165, 1.54) is 54.7 Å². The SMILES string of the molecule is Cc1cnc(Cl)c(-c2nc3ccc(F)cc3[nH]2)c1.Cc1cnc(Cl)c(C(=O)Nc2cc(F)ccc2N)c1.Cc1cnc(Cl)c(C(=O)O)c1.Nc1ccc(F)cc1N. The Labute approximate surface area is 338 Å². The van der Waals surface area contributed by atoms with Crippen LogP contribution in [0.3, 0.4) is 0 Å². The fraction of sp³-hybridized carbons (Fsp3) is 0.0769. The number of aromatic nitrogens is 5. The van der Waals surface area contributed by atoms with Gasteiger partial charge in [-0.3, -0.25) is 4.79 Å². The van der Waals surface area contributed by atoms with Crippen molar-refractivity contribution in [2.75, 3.05) is 22.5 Å². The van der Waals surface area contributed by atoms with Gasteiger partial charge in [0, 0.05) is 18.6 Å². The first-order valence-electron chi connectivity index (χ1n) is 16.3. The summed E-state index contributed by atoms with van der Waals surface area (Å²) in [4.78, 5) is 41.6. The lowest BCUT2D eigenvalue weighted by atomic mass is 10.2. The number of anilines is 4. The molecule has 0 aliphatic rings. The van der Waals surface area contributed by atoms with Crippen molar-refractivity contribution in [2.24, 2.45) is 0 Å². The van der Waals surface area contributed by atoms with Gasteiger partial charge in [-0.25, -0.2) is 37.9 Å². The number of nitrogens with one attached hydrogen (secondary N) is 2. The largest absolute Gasteiger partial charge is 0.478 e. The van der Waals surface area contributed by atoms with Crippen LogP contribution < -0.4 is 22.5 Å². The molecule has 3 aromatic carbocycles. The number of amides is 1. The van der Waals surface area contributed by atoms with Gasteiger partial charge in [-0.2, -0.15) is 0 Å². The average molecular weight is 839 g/mol. The topological polar surface area (TPSA) is 212 Å². The molecule has 4 heterocycles. The van der Waals surface area contributed by atoms with Gasteiger partial charge < -0.3 is 32.6 Å². The summed E-state index contributed by atoms with van der Waals surface area (Å²) in [6, 6.07) is 17.0. The summed E-state index contributed by atoms with van der Waals surface area (Å²) in [6.07, 6.45) is 4.76. The van der Waals surface area contributed by atoms with Crippen LogP contribution in [-0.2, 0) is 0 Å². The van der Waals surface area contributed by atoms with E-state index in [0.717, 1.165) is 22.8 Å². The number of hydrogen-bond acceptors (Lipinski definition) is 9. The van der Waals surface area contributed by atoms with E-state index in [9.17, 15) is 22.8 Å². The fourth-order valence-corrected chi connectivity index (χ4v) is 5.18. The first kappa shape index (κ1) is 43.3. The highest BCUT2D eigenvalue weighted by atomic mass is 35.5. The Balaban J connectivity index is 0.000000176. The highest BCUT2D eigenvalue weighted by Gasteiger charge is 2.14. The molecule has 0 aliphatic heterocycles. The van der Waals surface area contributed by atoms with Gasteiger partial charge in [0.1, 0.15) is 38.7 Å². The molecule has 1 amide bonds. The molecular weight excluding hydrogens is 806 g/mol. The third-order valence-corrected chi connectivity index (χ3v) is 8.32. The van der Waals surface area contributed by atoms with E-state index >= 15 is 0 Å². The molecule has 0 unspecified atom stereocenters. The number of imidazole rings is 1. The quantitative estimate of drug-likeness (QED) is 0.0730. The number of nitrogens with zero attached hydrogens (tertiary/aromatic N) is 4. The number of benzene rings is 3. The summed E-state index contributed by atoms with van der Waals surface area (Å²) in [5, 5.41) is 11.6. The smallest absolute Gasteiger partial charge is 0.338 e. The molecule has 7 rings (SSSR count). The number of fused-ring (bicyclic) bond motifs is 1. The van der Waals surface area contributed by atoms with Crippen LogP contribution in [0.2, 0.25) is 15.5 Å². The van der Waals surface area contributed by atoms with E-state index in [2.05, 4.69) is 30.2 Å². The number of nitrogens with two attached hydrogens (primary N) is 3. The van der Waals surface area contributed by atoms with Crippen molar-refractivity contribution in [3.8, 4) is 11.4 Å². The summed E-state index contributed by atoms with van der Waals surface area (Å²) in [7, 11) is 0. The molecular formula is C39H33Cl3F3N9O3. The molecule has 0 spiro atoms. The summed E-state index contributed by atoms with van der Waals surface area (Å²) in [5.41, 5.74) is 22.3. The first-order chi connectivity index (χ1) is 26.9. The number of halogens is 6. The van der Waals surface area contributed by atoms with Crippen LogP contribution in [0.4, 0.5) is 35.9 Å². The number of H-pyrrole nitrogens is 1. The fourth-order valence-electron chi connectivity index (χ4n) is 4.61. The van der Waals surface area contributed by atoms with Crippen LogP contribution in [0, 0.1) is 38.2 Å². The maximum Gasteiger partial charge on any atom is 0.338 e. The van der Waals surface area contributed by atoms with E-state index < -0.39 is 17.7 Å². The molecule has 4 aromatic heterocycles. The lowest BCUT2D eigenvalue weighted by Crippen LogP contribution is -2.14. The number of aryl methyl sites for hydroxylation is 3. The van der Waals surface area contributed by atoms with E-state index in [1.54, 1.807) is 38.4 Å². The molecule has 0 atom stereocenters. The Hall–Kier alpha value is -6.42. The van der Waals surface area contributed by atoms with E-state index in [4.69, 9.17) is 57.1 Å². The molecule has 0 radical (unpaired) electrons. The van der Waals surface area contributed by atoms with Crippen LogP contribution in [0.1, 0.15) is 37.4 Å². The highest BCUT2D eigenvalue weighted by Crippen LogP contribution is 2.27. The number of pyridine rings is 3. The van der Waals surface area contributed by atoms with Gasteiger partial charge in [0.15, 0.2) is 0 Å². The van der Waals surface area contributed by atoms with Crippen LogP contribution in [0.25, 0.3) is 22.4 Å². The van der Waals surface area contributed by atoms with E-state index in [0.29, 0.717) is 33.3 Å². The maximum atomic E-state index is 13.1. The van der Waals surface area contributed by atoms with Crippen LogP contribution in [0.15, 0.2) is 91.4 Å². The number of carboxylic acid groups (broad SMARTS) is 1. The molecule has 12 nitrogen and oxygen atoms in total. The van der Waals surface area contributed by atoms with Crippen molar-refractivity contribution >= 4 is 80.5 Å². The number of aromatic carboxylic acids is 1. The first-order valence-corrected chi connectivity index (χ1v) is 17.5. The van der Waals surface area contributed by atoms with Gasteiger partial charge in [-0.15, -0.1) is 0 Å². The average Bonchev–Trinajstić information content (AvgIpc) is 3.58. The standard InChI is InChI=1S/C13H11ClFN3O.C13H9ClFN3.C7H6ClNO2.C6H7FN2/c1-7-4-9(12(14)17-6-7)13(19)18-11-5-8(15)2-3-10(11)16;1-7-4-9(12(14)16-6-7)13-17-10-3-2-8(15)5-11(10)18-13;1-4-2-5(7(10)11)6(8)9-3-4;7-4-1-2-5(8)6(9)3-4/h2-6H,16H2,1H3,(H,18,19);2-6H,1H3,(H,17,18);2-3H,1H3,(H,10,11);1-3H,8-9H2. The van der Waals surface area contributed by atoms with Gasteiger partial charge in [-0.1, -0.05) is 34.8 Å². The molecule has 0 bridgehead atoms. The Kier molecular flexibility index (Phi) is 14.8. The number of hydrogen-bond donors (Lipinski definition) is 6. The zero-order valence-electron chi connectivity index (χ0n) is 30.2. The van der Waals surface area contributed by atoms with Crippen molar-refractivity contribution in [3.63, 3.8) is 0 Å². The second-order valence-electron chi connectivity index (χ2n) is 12.1. The van der Waals surface area contributed by atoms with Gasteiger partial charge in [0.05, 0.1) is 50.5 Å². The lowest BCUT2D eigenvalue weighted by Gasteiger charge is -2.09. The minimum atomic E-state index is -1.05. The van der Waals surface area contributed by atoms with Crippen LogP contribution in [-0.4, -0.2) is 41.9 Å². The van der Waals surface area contributed by atoms with Crippen LogP contribution in [0.5, 0.6) is 0 Å². The molecule has 0 fully saturated rings. The number of nitrogen functional groups attached to an aromatic ring is 3. The van der Waals surface area contributed by atoms with Gasteiger partial charge in [-0.05, 0) is 110 Å². The Bertz CT molecular complexity index is 2580. The number of rotatable bonds is 4. The zero-order valence-corrected chi connectivity index (χ0v) is 32.5. The van der Waals surface area contributed by atoms with E-state index in [1.807, 2.05) is 13.0 Å². The molecule has 57 heavy (non-hydrogen) atoms. The van der Waals surface area contributed by atoms with Gasteiger partial charge in [0.2, 0.25) is 0 Å². The highest BCUT2D eigenvalue weighted by molar-refractivity contribution is 6.33. The molecule has 18 heteroatoms. The summed E-state index contributed by atoms with van der Waals surface area (Å²) < 4.78 is 38.4. The monoisotopic (exact) mass is 837 g/mol. The van der Waals surface area contributed by atoms with Crippen LogP contribution >= 0.6 is 34.8 Å². The molecule has 9 N–H and O–H groups in total. The van der Waals surface area contributed by atoms with Crippen molar-refractivity contribution < 1.29 is 27.9 Å². The third-order valence-electron chi connectivity index (χ3n) is 7.41. The predicted molar refractivity (Wildman–Crippen MR) is 218 cm³/mol. The second kappa shape index (κ2) is 19.4. The minimum absolute atomic E-state index is 0.0306. The number of carboxylic acids is 1. The normalized spacial score (nSPS) is 10.3. The van der Waals surface area contributed by atoms with Gasteiger partial charge >= 0.3 is 5.97 Å². The molecule has 0 saturated carbocycles. The number of aromatic amines is 1. The number of carbonyl (C=O) groups is 2. The third kappa shape index (κ3) is 12.3. The van der Waals surface area contributed by atoms with Crippen molar-refractivity contribution in [3.05, 3.63) is 152 Å². The summed E-state index contributed by atoms with van der Waals surface area (Å²) in [6.45, 7) is 5.47. The van der Waals surface area contributed by atoms with Crippen molar-refractivity contribution in [1.82, 2.24) is 24.9 Å². The summed E-state index contributed by atoms with van der Waals surface area (Å²) >= 11 is 17.4. The van der Waals surface area contributed by atoms with Gasteiger partial charge in [0.25, 0.3) is 5.91 Å². The molecule has 7 aromatic rings. The molecule has 0 saturated heterocycles. The second-order valence-corrected chi connectivity index (χ2v) is 13.1. The van der Waals surface area contributed by atoms with Crippen molar-refractivity contribution in [1.29, 1.82) is 0 Å². The Morgan fingerprint density at radius 3 is 1.74 bits per heavy atom. The minimum Gasteiger partial charge on any atom is -0.478 e.